The van der Waals surface area contributed by atoms with Crippen molar-refractivity contribution in [3.8, 4) is 0 Å². The van der Waals surface area contributed by atoms with E-state index in [0.717, 1.165) is 79.1 Å². The summed E-state index contributed by atoms with van der Waals surface area (Å²) in [7, 11) is 0. The number of nitrogens with zero attached hydrogens (tertiary/aromatic N) is 6. The first kappa shape index (κ1) is 36.0. The van der Waals surface area contributed by atoms with Crippen LogP contribution in [0.4, 0.5) is 10.3 Å². The fourth-order valence-electron chi connectivity index (χ4n) is 6.64. The molecule has 272 valence electrons. The third-order valence-electron chi connectivity index (χ3n) is 9.41. The van der Waals surface area contributed by atoms with Crippen molar-refractivity contribution in [2.24, 2.45) is 0 Å². The molecule has 0 radical (unpaired) electrons. The number of aryl methyl sites for hydroxylation is 3. The Morgan fingerprint density at radius 1 is 0.679 bits per heavy atom. The Morgan fingerprint density at radius 2 is 1.19 bits per heavy atom. The number of fused-ring (bicyclic) bond motifs is 4. The van der Waals surface area contributed by atoms with Crippen molar-refractivity contribution in [1.29, 1.82) is 0 Å². The molecule has 0 spiro atoms. The first-order valence-electron chi connectivity index (χ1n) is 17.9. The van der Waals surface area contributed by atoms with Crippen molar-refractivity contribution in [2.75, 3.05) is 10.6 Å². The SMILES string of the molecule is C=C1CCCCCn2c1nc1cc(C(=O)Nc3ncc(C)s3)ccc1c2=O.Cc1cnc(NC(=O)c2ccc3c(=O)n4c(nc3c2)CCCCCC4)s1. The second kappa shape index (κ2) is 15.7. The van der Waals surface area contributed by atoms with E-state index in [-0.39, 0.29) is 22.9 Å². The number of benzene rings is 2. The summed E-state index contributed by atoms with van der Waals surface area (Å²) in [4.78, 5) is 70.5. The number of hydrogen-bond donors (Lipinski definition) is 2. The van der Waals surface area contributed by atoms with Gasteiger partial charge >= 0.3 is 0 Å². The van der Waals surface area contributed by atoms with Crippen molar-refractivity contribution in [3.05, 3.63) is 109 Å². The second-order valence-electron chi connectivity index (χ2n) is 13.4. The summed E-state index contributed by atoms with van der Waals surface area (Å²) in [6.45, 7) is 9.36. The highest BCUT2D eigenvalue weighted by atomic mass is 32.1. The van der Waals surface area contributed by atoms with Crippen LogP contribution in [0.3, 0.4) is 0 Å². The molecule has 6 heterocycles. The average molecular weight is 749 g/mol. The fourth-order valence-corrected chi connectivity index (χ4v) is 7.96. The zero-order valence-corrected chi connectivity index (χ0v) is 31.4. The lowest BCUT2D eigenvalue weighted by molar-refractivity contribution is 0.101. The van der Waals surface area contributed by atoms with E-state index in [9.17, 15) is 19.2 Å². The highest BCUT2D eigenvalue weighted by molar-refractivity contribution is 7.16. The van der Waals surface area contributed by atoms with Gasteiger partial charge in [0, 0.05) is 52.8 Å². The molecule has 0 unspecified atom stereocenters. The first-order valence-corrected chi connectivity index (χ1v) is 19.5. The molecule has 2 aliphatic heterocycles. The molecule has 6 aromatic rings. The van der Waals surface area contributed by atoms with E-state index in [4.69, 9.17) is 4.98 Å². The summed E-state index contributed by atoms with van der Waals surface area (Å²) in [5.41, 5.74) is 2.84. The third-order valence-corrected chi connectivity index (χ3v) is 11.1. The number of amides is 2. The van der Waals surface area contributed by atoms with E-state index < -0.39 is 0 Å². The number of allylic oxidation sites excluding steroid dienone is 1. The monoisotopic (exact) mass is 748 g/mol. The minimum absolute atomic E-state index is 0.00518. The number of aromatic nitrogens is 6. The first-order chi connectivity index (χ1) is 25.6. The maximum Gasteiger partial charge on any atom is 0.261 e. The van der Waals surface area contributed by atoms with Crippen molar-refractivity contribution >= 4 is 72.1 Å². The number of carbonyl (C=O) groups excluding carboxylic acids is 2. The van der Waals surface area contributed by atoms with E-state index in [1.54, 1.807) is 57.9 Å². The Kier molecular flexibility index (Phi) is 10.7. The van der Waals surface area contributed by atoms with Gasteiger partial charge in [0.1, 0.15) is 11.6 Å². The lowest BCUT2D eigenvalue weighted by Crippen LogP contribution is -2.26. The van der Waals surface area contributed by atoms with Crippen molar-refractivity contribution in [1.82, 2.24) is 29.1 Å². The predicted molar refractivity (Wildman–Crippen MR) is 211 cm³/mol. The second-order valence-corrected chi connectivity index (χ2v) is 15.8. The highest BCUT2D eigenvalue weighted by Crippen LogP contribution is 2.24. The molecule has 2 aromatic carbocycles. The minimum Gasteiger partial charge on any atom is -0.298 e. The van der Waals surface area contributed by atoms with Crippen molar-refractivity contribution < 1.29 is 9.59 Å². The van der Waals surface area contributed by atoms with E-state index in [0.29, 0.717) is 55.6 Å². The van der Waals surface area contributed by atoms with Gasteiger partial charge < -0.3 is 0 Å². The van der Waals surface area contributed by atoms with Crippen molar-refractivity contribution in [3.63, 3.8) is 0 Å². The van der Waals surface area contributed by atoms with Gasteiger partial charge in [-0.05, 0) is 87.9 Å². The molecule has 2 N–H and O–H groups in total. The minimum atomic E-state index is -0.265. The Morgan fingerprint density at radius 3 is 1.77 bits per heavy atom. The Hall–Kier alpha value is -5.34. The quantitative estimate of drug-likeness (QED) is 0.188. The summed E-state index contributed by atoms with van der Waals surface area (Å²) >= 11 is 2.84. The standard InChI is InChI=1S/C20H20N4O2S.C19H20N4O2S/c1-12-6-4-3-5-9-24-17(12)22-16-10-14(7-8-15(16)19(24)26)18(25)23-20-21-11-13(2)27-20;1-12-11-20-19(26-12)22-17(24)13-7-8-14-15(10-13)21-16-6-4-2-3-5-9-23(16)18(14)25/h7-8,10-11H,1,3-6,9H2,2H3,(H,21,23,25);7-8,10-11H,2-6,9H2,1H3,(H,20,22,24). The Balaban J connectivity index is 0.000000164. The molecule has 4 aromatic heterocycles. The Labute approximate surface area is 313 Å². The van der Waals surface area contributed by atoms with E-state index >= 15 is 0 Å². The maximum absolute atomic E-state index is 12.9. The molecule has 0 saturated carbocycles. The third kappa shape index (κ3) is 8.03. The molecule has 14 heteroatoms. The largest absolute Gasteiger partial charge is 0.298 e. The normalized spacial score (nSPS) is 14.5. The maximum atomic E-state index is 12.9. The topological polar surface area (TPSA) is 154 Å². The lowest BCUT2D eigenvalue weighted by Gasteiger charge is -2.18. The molecule has 8 rings (SSSR count). The van der Waals surface area contributed by atoms with E-state index in [1.807, 2.05) is 13.8 Å². The Bertz CT molecular complexity index is 2500. The van der Waals surface area contributed by atoms with Crippen LogP contribution >= 0.6 is 22.7 Å². The van der Waals surface area contributed by atoms with Gasteiger partial charge in [-0.15, -0.1) is 22.7 Å². The fraction of sp³-hybridized carbons (Fsp3) is 0.333. The van der Waals surface area contributed by atoms with Crippen LogP contribution in [-0.2, 0) is 19.5 Å². The molecule has 12 nitrogen and oxygen atoms in total. The van der Waals surface area contributed by atoms with Crippen LogP contribution in [0.25, 0.3) is 27.4 Å². The molecule has 0 fully saturated rings. The van der Waals surface area contributed by atoms with Crippen LogP contribution in [-0.4, -0.2) is 40.9 Å². The van der Waals surface area contributed by atoms with Gasteiger partial charge in [-0.1, -0.05) is 25.8 Å². The molecule has 2 amide bonds. The summed E-state index contributed by atoms with van der Waals surface area (Å²) in [6, 6.07) is 10.1. The number of rotatable bonds is 4. The van der Waals surface area contributed by atoms with Gasteiger partial charge in [0.25, 0.3) is 22.9 Å². The molecule has 0 bridgehead atoms. The zero-order valence-electron chi connectivity index (χ0n) is 29.7. The van der Waals surface area contributed by atoms with Crippen LogP contribution < -0.4 is 21.8 Å². The predicted octanol–water partition coefficient (Wildman–Crippen LogP) is 7.53. The van der Waals surface area contributed by atoms with Crippen LogP contribution in [0.15, 0.2) is 65.0 Å². The van der Waals surface area contributed by atoms with Crippen LogP contribution in [0, 0.1) is 13.8 Å². The molecule has 53 heavy (non-hydrogen) atoms. The lowest BCUT2D eigenvalue weighted by atomic mass is 10.0. The smallest absolute Gasteiger partial charge is 0.261 e. The van der Waals surface area contributed by atoms with Crippen molar-refractivity contribution in [2.45, 2.75) is 84.7 Å². The van der Waals surface area contributed by atoms with E-state index in [2.05, 4.69) is 32.2 Å². The number of anilines is 2. The van der Waals surface area contributed by atoms with Gasteiger partial charge in [-0.25, -0.2) is 19.9 Å². The van der Waals surface area contributed by atoms with Gasteiger partial charge in [-0.2, -0.15) is 0 Å². The molecule has 2 aliphatic rings. The molecule has 0 atom stereocenters. The van der Waals surface area contributed by atoms with Crippen LogP contribution in [0.1, 0.15) is 93.5 Å². The van der Waals surface area contributed by atoms with Crippen LogP contribution in [0.2, 0.25) is 0 Å². The number of thiazole rings is 2. The average Bonchev–Trinajstić information content (AvgIpc) is 3.74. The van der Waals surface area contributed by atoms with Gasteiger partial charge in [0.15, 0.2) is 10.3 Å². The summed E-state index contributed by atoms with van der Waals surface area (Å²) in [6.07, 6.45) is 12.6. The summed E-state index contributed by atoms with van der Waals surface area (Å²) in [5.74, 6) is 0.962. The summed E-state index contributed by atoms with van der Waals surface area (Å²) in [5, 5.41) is 7.79. The number of carbonyl (C=O) groups is 2. The van der Waals surface area contributed by atoms with Crippen LogP contribution in [0.5, 0.6) is 0 Å². The zero-order chi connectivity index (χ0) is 37.1. The highest BCUT2D eigenvalue weighted by Gasteiger charge is 2.18. The van der Waals surface area contributed by atoms with E-state index in [1.165, 1.54) is 29.1 Å². The van der Waals surface area contributed by atoms with Gasteiger partial charge in [-0.3, -0.25) is 38.9 Å². The van der Waals surface area contributed by atoms with Gasteiger partial charge in [0.2, 0.25) is 0 Å². The summed E-state index contributed by atoms with van der Waals surface area (Å²) < 4.78 is 3.53. The molecule has 0 saturated heterocycles. The number of hydrogen-bond acceptors (Lipinski definition) is 10. The molecular weight excluding hydrogens is 709 g/mol. The molecular formula is C39H40N8O4S2. The van der Waals surface area contributed by atoms with Gasteiger partial charge in [0.05, 0.1) is 21.8 Å². The molecule has 0 aliphatic carbocycles. The number of nitrogens with one attached hydrogen (secondary N) is 2.